The number of carbonyl (C=O) groups excluding carboxylic acids is 2. The summed E-state index contributed by atoms with van der Waals surface area (Å²) in [5, 5.41) is 2.82. The van der Waals surface area contributed by atoms with Crippen molar-refractivity contribution in [1.29, 1.82) is 0 Å². The predicted molar refractivity (Wildman–Crippen MR) is 105 cm³/mol. The monoisotopic (exact) mass is 377 g/mol. The molecule has 3 N–H and O–H groups in total. The van der Waals surface area contributed by atoms with Crippen molar-refractivity contribution in [2.75, 3.05) is 26.0 Å². The minimum atomic E-state index is -0.254. The van der Waals surface area contributed by atoms with E-state index in [4.69, 9.17) is 10.5 Å². The number of carbonyl (C=O) groups is 2. The number of rotatable bonds is 6. The van der Waals surface area contributed by atoms with Crippen molar-refractivity contribution in [3.63, 3.8) is 0 Å². The van der Waals surface area contributed by atoms with Gasteiger partial charge in [0, 0.05) is 26.2 Å². The van der Waals surface area contributed by atoms with Gasteiger partial charge in [0.25, 0.3) is 11.8 Å². The highest BCUT2D eigenvalue weighted by atomic mass is 35.5. The first-order valence-electron chi connectivity index (χ1n) is 7.94. The normalized spacial score (nSPS) is 9.85. The van der Waals surface area contributed by atoms with Gasteiger partial charge < -0.3 is 20.7 Å². The molecule has 2 aromatic rings. The zero-order valence-electron chi connectivity index (χ0n) is 15.1. The van der Waals surface area contributed by atoms with Gasteiger partial charge in [-0.05, 0) is 42.3 Å². The molecule has 7 heteroatoms. The fourth-order valence-corrected chi connectivity index (χ4v) is 2.11. The molecule has 0 atom stereocenters. The van der Waals surface area contributed by atoms with E-state index in [0.717, 1.165) is 11.1 Å². The quantitative estimate of drug-likeness (QED) is 0.810. The molecule has 0 spiro atoms. The maximum Gasteiger partial charge on any atom is 0.259 e. The molecule has 140 valence electrons. The number of likely N-dealkylation sites (N-methyl/N-ethyl adjacent to an activating group) is 1. The van der Waals surface area contributed by atoms with Gasteiger partial charge in [-0.15, -0.1) is 12.4 Å². The molecule has 2 rings (SSSR count). The van der Waals surface area contributed by atoms with Gasteiger partial charge in [-0.1, -0.05) is 18.2 Å². The van der Waals surface area contributed by atoms with Crippen LogP contribution in [0.5, 0.6) is 5.75 Å². The molecule has 0 fully saturated rings. The number of aryl methyl sites for hydroxylation is 1. The molecule has 0 saturated carbocycles. The zero-order chi connectivity index (χ0) is 18.4. The van der Waals surface area contributed by atoms with Crippen LogP contribution in [0.2, 0.25) is 0 Å². The average molecular weight is 378 g/mol. The van der Waals surface area contributed by atoms with Crippen molar-refractivity contribution in [2.24, 2.45) is 5.73 Å². The second-order valence-electron chi connectivity index (χ2n) is 5.93. The Balaban J connectivity index is 0.00000338. The number of nitrogens with one attached hydrogen (secondary N) is 1. The highest BCUT2D eigenvalue weighted by Crippen LogP contribution is 2.26. The van der Waals surface area contributed by atoms with Gasteiger partial charge in [-0.3, -0.25) is 9.59 Å². The van der Waals surface area contributed by atoms with Crippen LogP contribution in [0, 0.1) is 6.92 Å². The largest absolute Gasteiger partial charge is 0.482 e. The first kappa shape index (κ1) is 21.5. The summed E-state index contributed by atoms with van der Waals surface area (Å²) in [7, 11) is 3.32. The highest BCUT2D eigenvalue weighted by Gasteiger charge is 2.12. The molecule has 0 heterocycles. The number of halogens is 1. The Bertz CT molecular complexity index is 761. The van der Waals surface area contributed by atoms with Crippen molar-refractivity contribution >= 4 is 29.9 Å². The molecule has 0 aromatic heterocycles. The summed E-state index contributed by atoms with van der Waals surface area (Å²) in [5.41, 5.74) is 8.53. The van der Waals surface area contributed by atoms with Crippen LogP contribution in [0.3, 0.4) is 0 Å². The van der Waals surface area contributed by atoms with E-state index < -0.39 is 0 Å². The summed E-state index contributed by atoms with van der Waals surface area (Å²) in [4.78, 5) is 25.6. The van der Waals surface area contributed by atoms with E-state index in [2.05, 4.69) is 5.32 Å². The topological polar surface area (TPSA) is 84.7 Å². The molecule has 0 saturated heterocycles. The molecule has 6 nitrogen and oxygen atoms in total. The van der Waals surface area contributed by atoms with Gasteiger partial charge in [-0.25, -0.2) is 0 Å². The molecule has 0 unspecified atom stereocenters. The smallest absolute Gasteiger partial charge is 0.259 e. The third-order valence-electron chi connectivity index (χ3n) is 3.69. The highest BCUT2D eigenvalue weighted by molar-refractivity contribution is 6.05. The van der Waals surface area contributed by atoms with Crippen molar-refractivity contribution in [2.45, 2.75) is 13.5 Å². The number of hydrogen-bond acceptors (Lipinski definition) is 4. The molecule has 26 heavy (non-hydrogen) atoms. The summed E-state index contributed by atoms with van der Waals surface area (Å²) < 4.78 is 5.59. The van der Waals surface area contributed by atoms with E-state index in [-0.39, 0.29) is 30.8 Å². The van der Waals surface area contributed by atoms with Crippen LogP contribution in [0.25, 0.3) is 0 Å². The molecule has 0 bridgehead atoms. The van der Waals surface area contributed by atoms with E-state index >= 15 is 0 Å². The summed E-state index contributed by atoms with van der Waals surface area (Å²) in [5.74, 6) is 0.0505. The number of benzene rings is 2. The van der Waals surface area contributed by atoms with Crippen LogP contribution < -0.4 is 15.8 Å². The lowest BCUT2D eigenvalue weighted by molar-refractivity contribution is -0.130. The van der Waals surface area contributed by atoms with E-state index in [1.807, 2.05) is 25.1 Å². The SMILES string of the molecule is Cc1ccc(NC(=O)c2ccc(CN)cc2)c(OCC(=O)N(C)C)c1.Cl. The summed E-state index contributed by atoms with van der Waals surface area (Å²) >= 11 is 0. The minimum Gasteiger partial charge on any atom is -0.482 e. The number of hydrogen-bond donors (Lipinski definition) is 2. The molecular weight excluding hydrogens is 354 g/mol. The fourth-order valence-electron chi connectivity index (χ4n) is 2.11. The van der Waals surface area contributed by atoms with Crippen LogP contribution in [-0.2, 0) is 11.3 Å². The maximum atomic E-state index is 12.4. The lowest BCUT2D eigenvalue weighted by Crippen LogP contribution is -2.27. The Hall–Kier alpha value is -2.57. The minimum absolute atomic E-state index is 0. The molecule has 0 radical (unpaired) electrons. The summed E-state index contributed by atoms with van der Waals surface area (Å²) in [6.45, 7) is 2.25. The van der Waals surface area contributed by atoms with Crippen LogP contribution in [0.1, 0.15) is 21.5 Å². The molecule has 2 aromatic carbocycles. The Labute approximate surface area is 159 Å². The number of amides is 2. The lowest BCUT2D eigenvalue weighted by Gasteiger charge is -2.15. The second kappa shape index (κ2) is 9.79. The number of ether oxygens (including phenoxy) is 1. The molecular formula is C19H24ClN3O3. The van der Waals surface area contributed by atoms with E-state index in [1.54, 1.807) is 38.4 Å². The molecule has 0 aliphatic heterocycles. The molecule has 2 amide bonds. The van der Waals surface area contributed by atoms with Gasteiger partial charge in [0.15, 0.2) is 6.61 Å². The van der Waals surface area contributed by atoms with Gasteiger partial charge in [0.2, 0.25) is 0 Å². The Morgan fingerprint density at radius 1 is 1.12 bits per heavy atom. The van der Waals surface area contributed by atoms with Gasteiger partial charge in [-0.2, -0.15) is 0 Å². The van der Waals surface area contributed by atoms with Crippen LogP contribution in [0.4, 0.5) is 5.69 Å². The first-order valence-corrected chi connectivity index (χ1v) is 7.94. The van der Waals surface area contributed by atoms with Crippen LogP contribution in [0.15, 0.2) is 42.5 Å². The van der Waals surface area contributed by atoms with Crippen molar-refractivity contribution in [1.82, 2.24) is 4.90 Å². The third kappa shape index (κ3) is 5.75. The van der Waals surface area contributed by atoms with Gasteiger partial charge >= 0.3 is 0 Å². The van der Waals surface area contributed by atoms with Crippen LogP contribution >= 0.6 is 12.4 Å². The van der Waals surface area contributed by atoms with Crippen molar-refractivity contribution in [3.8, 4) is 5.75 Å². The molecule has 0 aliphatic rings. The number of anilines is 1. The summed E-state index contributed by atoms with van der Waals surface area (Å²) in [6.07, 6.45) is 0. The standard InChI is InChI=1S/C19H23N3O3.ClH/c1-13-4-9-16(17(10-13)25-12-18(23)22(2)3)21-19(24)15-7-5-14(11-20)6-8-15;/h4-10H,11-12,20H2,1-3H3,(H,21,24);1H. The molecule has 0 aliphatic carbocycles. The maximum absolute atomic E-state index is 12.4. The van der Waals surface area contributed by atoms with Crippen molar-refractivity contribution in [3.05, 3.63) is 59.2 Å². The Morgan fingerprint density at radius 3 is 2.35 bits per heavy atom. The second-order valence-corrected chi connectivity index (χ2v) is 5.93. The lowest BCUT2D eigenvalue weighted by atomic mass is 10.1. The third-order valence-corrected chi connectivity index (χ3v) is 3.69. The number of nitrogens with two attached hydrogens (primary N) is 1. The fraction of sp³-hybridized carbons (Fsp3) is 0.263. The van der Waals surface area contributed by atoms with Crippen LogP contribution in [-0.4, -0.2) is 37.4 Å². The Kier molecular flexibility index (Phi) is 8.09. The first-order chi connectivity index (χ1) is 11.9. The van der Waals surface area contributed by atoms with Crippen molar-refractivity contribution < 1.29 is 14.3 Å². The predicted octanol–water partition coefficient (Wildman–Crippen LogP) is 2.59. The zero-order valence-corrected chi connectivity index (χ0v) is 15.9. The number of nitrogens with zero attached hydrogens (tertiary/aromatic N) is 1. The van der Waals surface area contributed by atoms with E-state index in [1.165, 1.54) is 4.90 Å². The Morgan fingerprint density at radius 2 is 1.77 bits per heavy atom. The van der Waals surface area contributed by atoms with Gasteiger partial charge in [0.1, 0.15) is 5.75 Å². The average Bonchev–Trinajstić information content (AvgIpc) is 2.61. The van der Waals surface area contributed by atoms with Gasteiger partial charge in [0.05, 0.1) is 5.69 Å². The van der Waals surface area contributed by atoms with E-state index in [0.29, 0.717) is 23.5 Å². The van der Waals surface area contributed by atoms with E-state index in [9.17, 15) is 9.59 Å². The summed E-state index contributed by atoms with van der Waals surface area (Å²) in [6, 6.07) is 12.5.